The molecule has 30 heavy (non-hydrogen) atoms. The van der Waals surface area contributed by atoms with E-state index in [2.05, 4.69) is 30.8 Å². The first-order valence-electron chi connectivity index (χ1n) is 9.20. The standard InChI is InChI=1S/C20H20BrN3O5S/c1-3-4-18-22-19(29-23-18)13(2)28-20(25)14-5-9-16(10-6-14)24-30(26,27)17-11-7-15(21)8-12-17/h5-13,24H,3-4H2,1-2H3. The number of halogens is 1. The molecule has 0 aliphatic heterocycles. The molecule has 158 valence electrons. The Hall–Kier alpha value is -2.72. The lowest BCUT2D eigenvalue weighted by molar-refractivity contribution is 0.0265. The van der Waals surface area contributed by atoms with Crippen molar-refractivity contribution in [3.8, 4) is 0 Å². The summed E-state index contributed by atoms with van der Waals surface area (Å²) in [5, 5.41) is 3.84. The average Bonchev–Trinajstić information content (AvgIpc) is 3.18. The minimum atomic E-state index is -3.74. The largest absolute Gasteiger partial charge is 0.449 e. The van der Waals surface area contributed by atoms with Gasteiger partial charge < -0.3 is 9.26 Å². The molecule has 0 saturated heterocycles. The number of benzene rings is 2. The minimum Gasteiger partial charge on any atom is -0.449 e. The van der Waals surface area contributed by atoms with Gasteiger partial charge in [-0.15, -0.1) is 0 Å². The Balaban J connectivity index is 1.64. The van der Waals surface area contributed by atoms with E-state index in [1.807, 2.05) is 6.92 Å². The fourth-order valence-corrected chi connectivity index (χ4v) is 3.86. The summed E-state index contributed by atoms with van der Waals surface area (Å²) < 4.78 is 38.6. The van der Waals surface area contributed by atoms with Crippen LogP contribution in [0.5, 0.6) is 0 Å². The smallest absolute Gasteiger partial charge is 0.338 e. The van der Waals surface area contributed by atoms with Crippen LogP contribution in [0.4, 0.5) is 5.69 Å². The van der Waals surface area contributed by atoms with E-state index in [-0.39, 0.29) is 16.3 Å². The Morgan fingerprint density at radius 3 is 2.47 bits per heavy atom. The molecule has 0 saturated carbocycles. The molecule has 0 fully saturated rings. The van der Waals surface area contributed by atoms with Crippen molar-refractivity contribution >= 4 is 37.6 Å². The zero-order valence-electron chi connectivity index (χ0n) is 16.3. The van der Waals surface area contributed by atoms with Crippen LogP contribution in [0.2, 0.25) is 0 Å². The SMILES string of the molecule is CCCc1noc(C(C)OC(=O)c2ccc(NS(=O)(=O)c3ccc(Br)cc3)cc2)n1. The Morgan fingerprint density at radius 2 is 1.83 bits per heavy atom. The number of aromatic nitrogens is 2. The predicted molar refractivity (Wildman–Crippen MR) is 114 cm³/mol. The molecule has 1 aromatic heterocycles. The number of nitrogens with zero attached hydrogens (tertiary/aromatic N) is 2. The third-order valence-electron chi connectivity index (χ3n) is 4.09. The number of aryl methyl sites for hydroxylation is 1. The normalized spacial score (nSPS) is 12.4. The Morgan fingerprint density at radius 1 is 1.17 bits per heavy atom. The van der Waals surface area contributed by atoms with Crippen molar-refractivity contribution in [3.63, 3.8) is 0 Å². The maximum Gasteiger partial charge on any atom is 0.338 e. The van der Waals surface area contributed by atoms with E-state index < -0.39 is 22.1 Å². The molecule has 0 spiro atoms. The number of anilines is 1. The van der Waals surface area contributed by atoms with Crippen LogP contribution in [0.3, 0.4) is 0 Å². The molecule has 3 rings (SSSR count). The van der Waals surface area contributed by atoms with Gasteiger partial charge in [0.15, 0.2) is 11.9 Å². The number of sulfonamides is 1. The molecule has 1 heterocycles. The summed E-state index contributed by atoms with van der Waals surface area (Å²) >= 11 is 3.27. The lowest BCUT2D eigenvalue weighted by Crippen LogP contribution is -2.13. The number of carbonyl (C=O) groups excluding carboxylic acids is 1. The summed E-state index contributed by atoms with van der Waals surface area (Å²) in [6.07, 6.45) is 0.860. The fraction of sp³-hybridized carbons (Fsp3) is 0.250. The molecule has 3 aromatic rings. The summed E-state index contributed by atoms with van der Waals surface area (Å²) in [6.45, 7) is 3.64. The lowest BCUT2D eigenvalue weighted by atomic mass is 10.2. The van der Waals surface area contributed by atoms with Gasteiger partial charge in [-0.1, -0.05) is 28.0 Å². The monoisotopic (exact) mass is 493 g/mol. The van der Waals surface area contributed by atoms with Gasteiger partial charge >= 0.3 is 5.97 Å². The molecular formula is C20H20BrN3O5S. The number of hydrogen-bond acceptors (Lipinski definition) is 7. The zero-order chi connectivity index (χ0) is 21.7. The second-order valence-corrected chi connectivity index (χ2v) is 9.08. The maximum absolute atomic E-state index is 12.4. The highest BCUT2D eigenvalue weighted by atomic mass is 79.9. The Bertz CT molecular complexity index is 1110. The molecule has 0 bridgehead atoms. The second-order valence-electron chi connectivity index (χ2n) is 6.48. The van der Waals surface area contributed by atoms with Crippen molar-refractivity contribution < 1.29 is 22.5 Å². The third-order valence-corrected chi connectivity index (χ3v) is 6.01. The molecule has 1 unspecified atom stereocenters. The lowest BCUT2D eigenvalue weighted by Gasteiger charge is -2.11. The number of esters is 1. The number of carbonyl (C=O) groups is 1. The molecule has 1 N–H and O–H groups in total. The van der Waals surface area contributed by atoms with Crippen molar-refractivity contribution in [3.05, 3.63) is 70.3 Å². The van der Waals surface area contributed by atoms with Crippen LogP contribution in [-0.4, -0.2) is 24.5 Å². The van der Waals surface area contributed by atoms with Gasteiger partial charge in [-0.25, -0.2) is 13.2 Å². The molecule has 1 atom stereocenters. The maximum atomic E-state index is 12.4. The fourth-order valence-electron chi connectivity index (χ4n) is 2.54. The van der Waals surface area contributed by atoms with Gasteiger partial charge in [0, 0.05) is 16.6 Å². The zero-order valence-corrected chi connectivity index (χ0v) is 18.7. The van der Waals surface area contributed by atoms with Crippen LogP contribution in [0.25, 0.3) is 0 Å². The summed E-state index contributed by atoms with van der Waals surface area (Å²) in [6, 6.07) is 12.2. The van der Waals surface area contributed by atoms with Crippen molar-refractivity contribution in [2.45, 2.75) is 37.7 Å². The summed E-state index contributed by atoms with van der Waals surface area (Å²) in [5.41, 5.74) is 0.588. The van der Waals surface area contributed by atoms with Crippen LogP contribution < -0.4 is 4.72 Å². The van der Waals surface area contributed by atoms with Crippen molar-refractivity contribution in [2.24, 2.45) is 0 Å². The Kier molecular flexibility index (Phi) is 6.88. The summed E-state index contributed by atoms with van der Waals surface area (Å²) in [5.74, 6) is 0.212. The van der Waals surface area contributed by atoms with Gasteiger partial charge in [-0.05, 0) is 61.9 Å². The molecule has 0 radical (unpaired) electrons. The topological polar surface area (TPSA) is 111 Å². The summed E-state index contributed by atoms with van der Waals surface area (Å²) in [7, 11) is -3.74. The number of nitrogens with one attached hydrogen (secondary N) is 1. The first-order chi connectivity index (χ1) is 14.3. The van der Waals surface area contributed by atoms with Crippen molar-refractivity contribution in [1.29, 1.82) is 0 Å². The number of ether oxygens (including phenoxy) is 1. The highest BCUT2D eigenvalue weighted by molar-refractivity contribution is 9.10. The highest BCUT2D eigenvalue weighted by Gasteiger charge is 2.20. The third kappa shape index (κ3) is 5.45. The predicted octanol–water partition coefficient (Wildman–Crippen LogP) is 4.50. The molecule has 0 aliphatic carbocycles. The Labute approximate surface area is 182 Å². The molecule has 2 aromatic carbocycles. The van der Waals surface area contributed by atoms with E-state index in [1.54, 1.807) is 19.1 Å². The van der Waals surface area contributed by atoms with Crippen molar-refractivity contribution in [2.75, 3.05) is 4.72 Å². The minimum absolute atomic E-state index is 0.130. The number of hydrogen-bond donors (Lipinski definition) is 1. The van der Waals surface area contributed by atoms with Crippen molar-refractivity contribution in [1.82, 2.24) is 10.1 Å². The first kappa shape index (κ1) is 22.0. The van der Waals surface area contributed by atoms with Crippen LogP contribution in [-0.2, 0) is 21.2 Å². The quantitative estimate of drug-likeness (QED) is 0.459. The molecule has 0 amide bonds. The molecular weight excluding hydrogens is 474 g/mol. The van der Waals surface area contributed by atoms with E-state index in [4.69, 9.17) is 9.26 Å². The van der Waals surface area contributed by atoms with Gasteiger partial charge in [0.2, 0.25) is 0 Å². The first-order valence-corrected chi connectivity index (χ1v) is 11.5. The van der Waals surface area contributed by atoms with E-state index in [9.17, 15) is 13.2 Å². The second kappa shape index (κ2) is 9.40. The molecule has 10 heteroatoms. The van der Waals surface area contributed by atoms with E-state index in [0.717, 1.165) is 10.9 Å². The molecule has 0 aliphatic rings. The van der Waals surface area contributed by atoms with Gasteiger partial charge in [0.25, 0.3) is 15.9 Å². The number of rotatable bonds is 8. The van der Waals surface area contributed by atoms with Gasteiger partial charge in [0.1, 0.15) is 0 Å². The van der Waals surface area contributed by atoms with Gasteiger partial charge in [0.05, 0.1) is 10.5 Å². The van der Waals surface area contributed by atoms with Gasteiger partial charge in [-0.2, -0.15) is 4.98 Å². The summed E-state index contributed by atoms with van der Waals surface area (Å²) in [4.78, 5) is 16.7. The van der Waals surface area contributed by atoms with Crippen LogP contribution in [0, 0.1) is 0 Å². The van der Waals surface area contributed by atoms with E-state index in [0.29, 0.717) is 17.9 Å². The van der Waals surface area contributed by atoms with Crippen LogP contribution >= 0.6 is 15.9 Å². The van der Waals surface area contributed by atoms with E-state index >= 15 is 0 Å². The average molecular weight is 494 g/mol. The highest BCUT2D eigenvalue weighted by Crippen LogP contribution is 2.21. The van der Waals surface area contributed by atoms with Crippen LogP contribution in [0.1, 0.15) is 48.4 Å². The van der Waals surface area contributed by atoms with Gasteiger partial charge in [-0.3, -0.25) is 4.72 Å². The van der Waals surface area contributed by atoms with E-state index in [1.165, 1.54) is 36.4 Å². The molecule has 8 nitrogen and oxygen atoms in total. The van der Waals surface area contributed by atoms with Crippen LogP contribution in [0.15, 0.2) is 62.4 Å².